The minimum atomic E-state index is -2.02. The van der Waals surface area contributed by atoms with Crippen LogP contribution in [-0.2, 0) is 18.3 Å². The molecule has 0 atom stereocenters. The molecule has 258 valence electrons. The standard InChI is InChI=1S/C27H38N2.C12H14O3.2ClH.Ru/c1-18(2)22-11-9-12-23(19(3)4)26(22)28-15-16-29(17-28)27-24(20(5)6)13-10-14-25(27)21(7)8;1-8(2)15-12(13)11-6-5-10(14-4)7-9(11)3;;;/h9-14,18-21H,15-16H2,1-8H3;3,5-8H,1-2,4H3;2*1H;/q;;;;+2/p-2. The van der Waals surface area contributed by atoms with Crippen LogP contribution in [0.5, 0.6) is 5.75 Å². The van der Waals surface area contributed by atoms with E-state index in [2.05, 4.69) is 108 Å². The van der Waals surface area contributed by atoms with E-state index in [4.69, 9.17) is 28.9 Å². The van der Waals surface area contributed by atoms with E-state index in [0.29, 0.717) is 40.5 Å². The van der Waals surface area contributed by atoms with Crippen molar-refractivity contribution in [2.24, 2.45) is 0 Å². The predicted octanol–water partition coefficient (Wildman–Crippen LogP) is 10.8. The summed E-state index contributed by atoms with van der Waals surface area (Å²) in [6.45, 7) is 27.7. The summed E-state index contributed by atoms with van der Waals surface area (Å²) in [7, 11) is 13.3. The van der Waals surface area contributed by atoms with E-state index in [1.54, 1.807) is 43.8 Å². The number of benzene rings is 3. The molecule has 2 radical (unpaired) electrons. The maximum atomic E-state index is 11.9. The Morgan fingerprint density at radius 2 is 1.17 bits per heavy atom. The van der Waals surface area contributed by atoms with Gasteiger partial charge in [0.05, 0.1) is 0 Å². The molecule has 5 nitrogen and oxygen atoms in total. The maximum absolute atomic E-state index is 11.9. The Bertz CT molecular complexity index is 1410. The molecule has 3 aromatic carbocycles. The summed E-state index contributed by atoms with van der Waals surface area (Å²) in [4.78, 5) is 16.7. The summed E-state index contributed by atoms with van der Waals surface area (Å²) in [6, 6.07) is 18.7. The van der Waals surface area contributed by atoms with Gasteiger partial charge in [-0.2, -0.15) is 0 Å². The van der Waals surface area contributed by atoms with Crippen LogP contribution in [0.2, 0.25) is 0 Å². The van der Waals surface area contributed by atoms with Crippen LogP contribution in [0.3, 0.4) is 0 Å². The third-order valence-corrected chi connectivity index (χ3v) is 9.85. The van der Waals surface area contributed by atoms with Gasteiger partial charge < -0.3 is 9.80 Å². The second-order valence-corrected chi connectivity index (χ2v) is 19.0. The Morgan fingerprint density at radius 3 is 1.51 bits per heavy atom. The number of carbonyl (C=O) groups is 1. The quantitative estimate of drug-likeness (QED) is 0.152. The monoisotopic (exact) mass is 768 g/mol. The first-order valence-corrected chi connectivity index (χ1v) is 21.9. The van der Waals surface area contributed by atoms with E-state index in [1.165, 1.54) is 33.6 Å². The van der Waals surface area contributed by atoms with Crippen LogP contribution in [0.15, 0.2) is 54.6 Å². The fourth-order valence-corrected chi connectivity index (χ4v) is 7.52. The van der Waals surface area contributed by atoms with Gasteiger partial charge in [0.1, 0.15) is 0 Å². The van der Waals surface area contributed by atoms with Crippen molar-refractivity contribution in [3.05, 3.63) is 94.6 Å². The minimum absolute atomic E-state index is 0.173. The molecule has 1 aliphatic rings. The molecule has 47 heavy (non-hydrogen) atoms. The van der Waals surface area contributed by atoms with Crippen molar-refractivity contribution in [3.63, 3.8) is 0 Å². The second-order valence-electron chi connectivity index (χ2n) is 13.3. The van der Waals surface area contributed by atoms with Crippen molar-refractivity contribution < 1.29 is 27.8 Å². The van der Waals surface area contributed by atoms with E-state index in [1.807, 2.05) is 0 Å². The van der Waals surface area contributed by atoms with Gasteiger partial charge in [-0.15, -0.1) is 0 Å². The average Bonchev–Trinajstić information content (AvgIpc) is 3.49. The number of para-hydroxylation sites is 2. The topological polar surface area (TPSA) is 42.0 Å². The molecular formula is C39H52Cl2N2O3Ru. The Morgan fingerprint density at radius 1 is 0.745 bits per heavy atom. The van der Waals surface area contributed by atoms with E-state index < -0.39 is 13.5 Å². The number of nitrogens with zero attached hydrogens (tertiary/aromatic N) is 2. The van der Waals surface area contributed by atoms with Crippen LogP contribution in [-0.4, -0.2) is 36.9 Å². The number of rotatable bonds is 10. The summed E-state index contributed by atoms with van der Waals surface area (Å²) in [5, 5.41) is 0. The summed E-state index contributed by atoms with van der Waals surface area (Å²) in [5.74, 6) is 2.23. The number of hydrogen-bond acceptors (Lipinski definition) is 5. The molecule has 1 heterocycles. The second kappa shape index (κ2) is 17.8. The molecule has 0 aliphatic carbocycles. The van der Waals surface area contributed by atoms with Crippen LogP contribution in [0.25, 0.3) is 0 Å². The zero-order chi connectivity index (χ0) is 35.0. The number of ether oxygens (including phenoxy) is 2. The van der Waals surface area contributed by atoms with Gasteiger partial charge in [-0.3, -0.25) is 0 Å². The zero-order valence-electron chi connectivity index (χ0n) is 29.8. The first-order chi connectivity index (χ1) is 22.2. The first-order valence-electron chi connectivity index (χ1n) is 16.4. The number of carbonyl (C=O) groups excluding carboxylic acids is 1. The normalized spacial score (nSPS) is 13.4. The van der Waals surface area contributed by atoms with Gasteiger partial charge in [-0.25, -0.2) is 0 Å². The van der Waals surface area contributed by atoms with Crippen LogP contribution >= 0.6 is 19.4 Å². The van der Waals surface area contributed by atoms with E-state index in [9.17, 15) is 4.79 Å². The molecule has 0 unspecified atom stereocenters. The molecule has 0 amide bonds. The fourth-order valence-electron chi connectivity index (χ4n) is 5.71. The van der Waals surface area contributed by atoms with Crippen molar-refractivity contribution in [3.8, 4) is 5.75 Å². The fraction of sp³-hybridized carbons (Fsp3) is 0.462. The van der Waals surface area contributed by atoms with Crippen molar-refractivity contribution in [1.82, 2.24) is 0 Å². The zero-order valence-corrected chi connectivity index (χ0v) is 33.1. The van der Waals surface area contributed by atoms with E-state index in [-0.39, 0.29) is 12.1 Å². The van der Waals surface area contributed by atoms with Gasteiger partial charge in [0.25, 0.3) is 0 Å². The van der Waals surface area contributed by atoms with Crippen molar-refractivity contribution in [1.29, 1.82) is 0 Å². The van der Waals surface area contributed by atoms with Crippen molar-refractivity contribution >= 4 is 41.3 Å². The van der Waals surface area contributed by atoms with Gasteiger partial charge in [0, 0.05) is 24.5 Å². The summed E-state index contributed by atoms with van der Waals surface area (Å²) >= 11 is -2.02. The van der Waals surface area contributed by atoms with Crippen LogP contribution in [0, 0.1) is 6.67 Å². The van der Waals surface area contributed by atoms with Crippen molar-refractivity contribution in [2.75, 3.05) is 30.0 Å². The molecule has 0 bridgehead atoms. The molecule has 8 heteroatoms. The molecule has 0 saturated carbocycles. The van der Waals surface area contributed by atoms with Crippen LogP contribution in [0.4, 0.5) is 11.4 Å². The molecule has 0 spiro atoms. The Balaban J connectivity index is 0.000000287. The Kier molecular flexibility index (Phi) is 14.8. The first kappa shape index (κ1) is 39.0. The van der Waals surface area contributed by atoms with Gasteiger partial charge in [0.15, 0.2) is 0 Å². The molecule has 3 aromatic rings. The molecule has 0 N–H and O–H groups in total. The Labute approximate surface area is 297 Å². The number of methoxy groups -OCH3 is 1. The SMILES string of the molecule is CC(C)c1cccc(C(C)C)c1N1[C]N(c2c(C(C)C)cccc2C(C)C)CC1.COc1ccc(C(=O)OC(C)C)c([CH]=[Ru]([Cl])[Cl])c1. The summed E-state index contributed by atoms with van der Waals surface area (Å²) in [5.41, 5.74) is 9.53. The van der Waals surface area contributed by atoms with Gasteiger partial charge in [-0.05, 0) is 45.9 Å². The van der Waals surface area contributed by atoms with Crippen LogP contribution in [0.1, 0.15) is 131 Å². The molecule has 0 aromatic heterocycles. The third kappa shape index (κ3) is 10.3. The number of hydrogen-bond donors (Lipinski definition) is 0. The third-order valence-electron chi connectivity index (χ3n) is 8.02. The summed E-state index contributed by atoms with van der Waals surface area (Å²) < 4.78 is 12.0. The van der Waals surface area contributed by atoms with Crippen molar-refractivity contribution in [2.45, 2.75) is 99.0 Å². The van der Waals surface area contributed by atoms with Gasteiger partial charge in [-0.1, -0.05) is 91.8 Å². The molecule has 1 aliphatic heterocycles. The average molecular weight is 769 g/mol. The Hall–Kier alpha value is -2.40. The number of esters is 1. The predicted molar refractivity (Wildman–Crippen MR) is 198 cm³/mol. The van der Waals surface area contributed by atoms with E-state index in [0.717, 1.165) is 13.1 Å². The van der Waals surface area contributed by atoms with Gasteiger partial charge in [0.2, 0.25) is 6.67 Å². The van der Waals surface area contributed by atoms with Gasteiger partial charge >= 0.3 is 120 Å². The molecule has 1 saturated heterocycles. The van der Waals surface area contributed by atoms with E-state index >= 15 is 0 Å². The van der Waals surface area contributed by atoms with Crippen LogP contribution < -0.4 is 14.5 Å². The molecule has 1 fully saturated rings. The number of halogens is 2. The molecule has 4 rings (SSSR count). The molecular weight excluding hydrogens is 716 g/mol. The summed E-state index contributed by atoms with van der Waals surface area (Å²) in [6.07, 6.45) is -0.173. The number of anilines is 2.